The standard InChI is InChI=1S/C20H32N2O2Si/c1-14-17(22-19(23)15-10-8-7-9-11-15)12-16(21)13-18(14)24-25(5,6)20(2,3)4/h7-11,14,16,18H,12-13,21H2,1-6H3/t14-,16+,18?/m1/s1. The first-order valence-electron chi connectivity index (χ1n) is 9.11. The number of nitrogens with zero attached hydrogens (tertiary/aromatic N) is 1. The van der Waals surface area contributed by atoms with Crippen LogP contribution < -0.4 is 5.73 Å². The smallest absolute Gasteiger partial charge is 0.276 e. The highest BCUT2D eigenvalue weighted by Crippen LogP contribution is 2.39. The van der Waals surface area contributed by atoms with Crippen LogP contribution in [0.5, 0.6) is 0 Å². The Bertz CT molecular complexity index is 635. The number of hydrogen-bond donors (Lipinski definition) is 1. The van der Waals surface area contributed by atoms with Crippen molar-refractivity contribution >= 4 is 19.9 Å². The van der Waals surface area contributed by atoms with E-state index in [4.69, 9.17) is 10.2 Å². The largest absolute Gasteiger partial charge is 0.413 e. The number of rotatable bonds is 3. The minimum Gasteiger partial charge on any atom is -0.413 e. The van der Waals surface area contributed by atoms with E-state index in [2.05, 4.69) is 45.8 Å². The van der Waals surface area contributed by atoms with Gasteiger partial charge >= 0.3 is 0 Å². The molecule has 0 heterocycles. The highest BCUT2D eigenvalue weighted by molar-refractivity contribution is 6.74. The molecule has 0 aromatic heterocycles. The van der Waals surface area contributed by atoms with Gasteiger partial charge in [0.1, 0.15) is 0 Å². The zero-order valence-corrected chi connectivity index (χ0v) is 17.4. The van der Waals surface area contributed by atoms with Gasteiger partial charge in [-0.2, -0.15) is 0 Å². The van der Waals surface area contributed by atoms with E-state index in [-0.39, 0.29) is 29.0 Å². The van der Waals surface area contributed by atoms with Crippen LogP contribution in [0.4, 0.5) is 0 Å². The monoisotopic (exact) mass is 360 g/mol. The predicted octanol–water partition coefficient (Wildman–Crippen LogP) is 4.42. The molecule has 0 radical (unpaired) electrons. The van der Waals surface area contributed by atoms with Gasteiger partial charge in [-0.15, -0.1) is 0 Å². The summed E-state index contributed by atoms with van der Waals surface area (Å²) in [6.07, 6.45) is 1.52. The average Bonchev–Trinajstić information content (AvgIpc) is 2.51. The number of benzene rings is 1. The van der Waals surface area contributed by atoms with E-state index < -0.39 is 8.32 Å². The molecule has 1 unspecified atom stereocenters. The summed E-state index contributed by atoms with van der Waals surface area (Å²) in [6.45, 7) is 13.3. The number of amides is 1. The van der Waals surface area contributed by atoms with E-state index in [1.165, 1.54) is 0 Å². The number of aliphatic imine (C=N–C) groups is 1. The summed E-state index contributed by atoms with van der Waals surface area (Å²) in [5, 5.41) is 0.144. The van der Waals surface area contributed by atoms with Crippen LogP contribution in [0.25, 0.3) is 0 Å². The van der Waals surface area contributed by atoms with Crippen molar-refractivity contribution in [3.05, 3.63) is 35.9 Å². The summed E-state index contributed by atoms with van der Waals surface area (Å²) in [5.74, 6) is -0.0794. The molecule has 0 saturated heterocycles. The van der Waals surface area contributed by atoms with Gasteiger partial charge in [-0.3, -0.25) is 4.79 Å². The molecule has 1 aliphatic carbocycles. The number of carbonyl (C=O) groups excluding carboxylic acids is 1. The van der Waals surface area contributed by atoms with Gasteiger partial charge in [0.15, 0.2) is 8.32 Å². The minimum atomic E-state index is -1.89. The molecule has 1 aromatic rings. The van der Waals surface area contributed by atoms with Gasteiger partial charge in [0.2, 0.25) is 0 Å². The van der Waals surface area contributed by atoms with E-state index in [1.807, 2.05) is 18.2 Å². The molecule has 0 spiro atoms. The van der Waals surface area contributed by atoms with Crippen molar-refractivity contribution in [1.82, 2.24) is 0 Å². The predicted molar refractivity (Wildman–Crippen MR) is 107 cm³/mol. The normalized spacial score (nSPS) is 26.7. The van der Waals surface area contributed by atoms with Gasteiger partial charge in [0.25, 0.3) is 5.91 Å². The average molecular weight is 361 g/mol. The quantitative estimate of drug-likeness (QED) is 0.812. The molecule has 5 heteroatoms. The van der Waals surface area contributed by atoms with Gasteiger partial charge in [0, 0.05) is 29.7 Å². The molecular weight excluding hydrogens is 328 g/mol. The lowest BCUT2D eigenvalue weighted by atomic mass is 9.83. The first-order chi connectivity index (χ1) is 11.5. The molecule has 0 bridgehead atoms. The van der Waals surface area contributed by atoms with Crippen LogP contribution in [0.1, 0.15) is 50.9 Å². The van der Waals surface area contributed by atoms with Crippen molar-refractivity contribution in [2.75, 3.05) is 0 Å². The van der Waals surface area contributed by atoms with Gasteiger partial charge in [-0.25, -0.2) is 4.99 Å². The minimum absolute atomic E-state index is 0.00621. The molecule has 25 heavy (non-hydrogen) atoms. The molecule has 1 aliphatic rings. The van der Waals surface area contributed by atoms with Crippen LogP contribution in [-0.4, -0.2) is 32.1 Å². The lowest BCUT2D eigenvalue weighted by Gasteiger charge is -2.43. The third kappa shape index (κ3) is 4.87. The van der Waals surface area contributed by atoms with E-state index in [9.17, 15) is 4.79 Å². The van der Waals surface area contributed by atoms with Crippen molar-refractivity contribution in [3.8, 4) is 0 Å². The Morgan fingerprint density at radius 2 is 1.84 bits per heavy atom. The van der Waals surface area contributed by atoms with Crippen LogP contribution in [0.2, 0.25) is 18.1 Å². The van der Waals surface area contributed by atoms with Crippen molar-refractivity contribution in [2.24, 2.45) is 16.6 Å². The van der Waals surface area contributed by atoms with Crippen LogP contribution in [0, 0.1) is 5.92 Å². The summed E-state index contributed by atoms with van der Waals surface area (Å²) in [7, 11) is -1.89. The van der Waals surface area contributed by atoms with Gasteiger partial charge in [-0.1, -0.05) is 45.9 Å². The highest BCUT2D eigenvalue weighted by Gasteiger charge is 2.42. The van der Waals surface area contributed by atoms with Crippen LogP contribution in [0.15, 0.2) is 35.3 Å². The molecule has 1 amide bonds. The zero-order chi connectivity index (χ0) is 18.8. The Morgan fingerprint density at radius 1 is 1.24 bits per heavy atom. The maximum Gasteiger partial charge on any atom is 0.276 e. The molecule has 2 N–H and O–H groups in total. The summed E-state index contributed by atoms with van der Waals surface area (Å²) in [5.41, 5.74) is 7.75. The fraction of sp³-hybridized carbons (Fsp3) is 0.600. The van der Waals surface area contributed by atoms with E-state index in [1.54, 1.807) is 12.1 Å². The third-order valence-electron chi connectivity index (χ3n) is 5.61. The first kappa shape index (κ1) is 20.0. The molecule has 0 aliphatic heterocycles. The summed E-state index contributed by atoms with van der Waals surface area (Å²) >= 11 is 0. The van der Waals surface area contributed by atoms with Crippen LogP contribution in [-0.2, 0) is 4.43 Å². The zero-order valence-electron chi connectivity index (χ0n) is 16.4. The number of carbonyl (C=O) groups is 1. The highest BCUT2D eigenvalue weighted by atomic mass is 28.4. The molecule has 138 valence electrons. The second-order valence-electron chi connectivity index (χ2n) is 8.68. The van der Waals surface area contributed by atoms with Gasteiger partial charge in [0.05, 0.1) is 6.10 Å². The Labute approximate surface area is 153 Å². The molecule has 1 saturated carbocycles. The van der Waals surface area contributed by atoms with Crippen molar-refractivity contribution in [3.63, 3.8) is 0 Å². The summed E-state index contributed by atoms with van der Waals surface area (Å²) < 4.78 is 6.61. The Morgan fingerprint density at radius 3 is 2.40 bits per heavy atom. The van der Waals surface area contributed by atoms with Gasteiger partial charge in [-0.05, 0) is 36.7 Å². The van der Waals surface area contributed by atoms with E-state index >= 15 is 0 Å². The van der Waals surface area contributed by atoms with Crippen molar-refractivity contribution < 1.29 is 9.22 Å². The molecule has 1 aromatic carbocycles. The SMILES string of the molecule is C[C@@H]1C(=NC(=O)c2ccccc2)C[C@H](N)CC1O[Si](C)(C)C(C)(C)C. The first-order valence-corrected chi connectivity index (χ1v) is 12.0. The topological polar surface area (TPSA) is 64.7 Å². The van der Waals surface area contributed by atoms with Crippen molar-refractivity contribution in [1.29, 1.82) is 0 Å². The van der Waals surface area contributed by atoms with Crippen LogP contribution >= 0.6 is 0 Å². The number of hydrogen-bond acceptors (Lipinski definition) is 3. The van der Waals surface area contributed by atoms with E-state index in [0.29, 0.717) is 12.0 Å². The van der Waals surface area contributed by atoms with Gasteiger partial charge < -0.3 is 10.2 Å². The fourth-order valence-electron chi connectivity index (χ4n) is 2.88. The Balaban J connectivity index is 2.21. The molecule has 4 nitrogen and oxygen atoms in total. The lowest BCUT2D eigenvalue weighted by molar-refractivity contribution is 0.0996. The maximum atomic E-state index is 12.5. The lowest BCUT2D eigenvalue weighted by Crippen LogP contribution is -2.51. The Hall–Kier alpha value is -1.30. The molecule has 3 atom stereocenters. The van der Waals surface area contributed by atoms with Crippen molar-refractivity contribution in [2.45, 2.75) is 70.8 Å². The Kier molecular flexibility index (Phi) is 6.02. The van der Waals surface area contributed by atoms with Crippen LogP contribution in [0.3, 0.4) is 0 Å². The third-order valence-corrected chi connectivity index (χ3v) is 10.1. The number of nitrogens with two attached hydrogens (primary N) is 1. The summed E-state index contributed by atoms with van der Waals surface area (Å²) in [4.78, 5) is 16.9. The van der Waals surface area contributed by atoms with E-state index in [0.717, 1.165) is 12.1 Å². The summed E-state index contributed by atoms with van der Waals surface area (Å²) in [6, 6.07) is 9.19. The maximum absolute atomic E-state index is 12.5. The second-order valence-corrected chi connectivity index (χ2v) is 13.4. The molecule has 2 rings (SSSR count). The molecule has 1 fully saturated rings. The second kappa shape index (κ2) is 7.52. The fourth-order valence-corrected chi connectivity index (χ4v) is 4.29. The molecular formula is C20H32N2O2Si.